The van der Waals surface area contributed by atoms with Crippen molar-refractivity contribution in [2.75, 3.05) is 0 Å². The van der Waals surface area contributed by atoms with E-state index >= 15 is 0 Å². The molecule has 0 unspecified atom stereocenters. The number of hydrogen-bond donors (Lipinski definition) is 1. The van der Waals surface area contributed by atoms with Crippen molar-refractivity contribution in [2.45, 2.75) is 6.92 Å². The zero-order valence-electron chi connectivity index (χ0n) is 11.8. The molecule has 1 aromatic heterocycles. The molecular weight excluding hydrogens is 283 g/mol. The number of hydrogen-bond acceptors (Lipinski definition) is 4. The van der Waals surface area contributed by atoms with Crippen molar-refractivity contribution in [1.29, 1.82) is 0 Å². The second-order valence-electron chi connectivity index (χ2n) is 4.78. The Hall–Kier alpha value is -2.95. The summed E-state index contributed by atoms with van der Waals surface area (Å²) in [5.74, 6) is -0.846. The lowest BCUT2D eigenvalue weighted by molar-refractivity contribution is 0.336. The van der Waals surface area contributed by atoms with Crippen LogP contribution in [0.3, 0.4) is 0 Å². The molecule has 3 aromatic rings. The van der Waals surface area contributed by atoms with Gasteiger partial charge in [0.15, 0.2) is 5.69 Å². The summed E-state index contributed by atoms with van der Waals surface area (Å²) in [6, 6.07) is 13.6. The highest BCUT2D eigenvalue weighted by molar-refractivity contribution is 5.82. The molecule has 0 spiro atoms. The third kappa shape index (κ3) is 2.88. The molecule has 110 valence electrons. The molecule has 0 aliphatic heterocycles. The van der Waals surface area contributed by atoms with Crippen molar-refractivity contribution >= 4 is 11.9 Å². The van der Waals surface area contributed by atoms with E-state index in [0.29, 0.717) is 0 Å². The lowest BCUT2D eigenvalue weighted by Gasteiger charge is -1.95. The Morgan fingerprint density at radius 1 is 1.14 bits per heavy atom. The van der Waals surface area contributed by atoms with Crippen molar-refractivity contribution in [1.82, 2.24) is 4.98 Å². The van der Waals surface area contributed by atoms with Crippen LogP contribution in [0.5, 0.6) is 5.95 Å². The van der Waals surface area contributed by atoms with Gasteiger partial charge in [-0.05, 0) is 31.2 Å². The SMILES string of the molecule is Cc1ccc(N=Cc2nc(-c3ccccc3F)oc2O)cc1. The van der Waals surface area contributed by atoms with Gasteiger partial charge < -0.3 is 9.52 Å². The molecule has 0 aliphatic carbocycles. The Bertz CT molecular complexity index is 823. The molecule has 0 atom stereocenters. The van der Waals surface area contributed by atoms with Crippen LogP contribution in [-0.2, 0) is 0 Å². The molecule has 1 N–H and O–H groups in total. The highest BCUT2D eigenvalue weighted by atomic mass is 19.1. The molecule has 0 saturated carbocycles. The first-order valence-electron chi connectivity index (χ1n) is 6.69. The Labute approximate surface area is 126 Å². The van der Waals surface area contributed by atoms with E-state index in [1.165, 1.54) is 18.3 Å². The van der Waals surface area contributed by atoms with Crippen molar-refractivity contribution in [2.24, 2.45) is 4.99 Å². The number of oxazole rings is 1. The molecule has 0 fully saturated rings. The van der Waals surface area contributed by atoms with Crippen molar-refractivity contribution in [3.63, 3.8) is 0 Å². The first-order valence-corrected chi connectivity index (χ1v) is 6.69. The molecule has 22 heavy (non-hydrogen) atoms. The fraction of sp³-hybridized carbons (Fsp3) is 0.0588. The Kier molecular flexibility index (Phi) is 3.70. The lowest BCUT2D eigenvalue weighted by atomic mass is 10.2. The van der Waals surface area contributed by atoms with Gasteiger partial charge in [0.1, 0.15) is 5.82 Å². The number of benzene rings is 2. The van der Waals surface area contributed by atoms with Gasteiger partial charge in [-0.15, -0.1) is 0 Å². The number of halogens is 1. The van der Waals surface area contributed by atoms with Crippen LogP contribution in [0.1, 0.15) is 11.3 Å². The number of aryl methyl sites for hydroxylation is 1. The first-order chi connectivity index (χ1) is 10.6. The van der Waals surface area contributed by atoms with E-state index in [1.54, 1.807) is 12.1 Å². The van der Waals surface area contributed by atoms with Gasteiger partial charge in [-0.25, -0.2) is 9.37 Å². The Balaban J connectivity index is 1.90. The second kappa shape index (κ2) is 5.81. The lowest BCUT2D eigenvalue weighted by Crippen LogP contribution is -1.85. The van der Waals surface area contributed by atoms with Crippen LogP contribution in [0.25, 0.3) is 11.5 Å². The predicted octanol–water partition coefficient (Wildman–Crippen LogP) is 4.25. The van der Waals surface area contributed by atoms with Gasteiger partial charge in [-0.2, -0.15) is 0 Å². The van der Waals surface area contributed by atoms with Crippen LogP contribution in [-0.4, -0.2) is 16.3 Å². The van der Waals surface area contributed by atoms with Crippen LogP contribution < -0.4 is 0 Å². The number of rotatable bonds is 3. The molecule has 0 saturated heterocycles. The molecule has 0 radical (unpaired) electrons. The van der Waals surface area contributed by atoms with E-state index in [0.717, 1.165) is 11.3 Å². The Morgan fingerprint density at radius 3 is 2.59 bits per heavy atom. The number of aliphatic imine (C=N–C) groups is 1. The number of aromatic nitrogens is 1. The predicted molar refractivity (Wildman–Crippen MR) is 82.0 cm³/mol. The largest absolute Gasteiger partial charge is 0.479 e. The molecule has 2 aromatic carbocycles. The van der Waals surface area contributed by atoms with E-state index in [2.05, 4.69) is 9.98 Å². The monoisotopic (exact) mass is 296 g/mol. The molecule has 1 heterocycles. The van der Waals surface area contributed by atoms with Crippen LogP contribution >= 0.6 is 0 Å². The van der Waals surface area contributed by atoms with Gasteiger partial charge >= 0.3 is 5.95 Å². The zero-order chi connectivity index (χ0) is 15.5. The van der Waals surface area contributed by atoms with Crippen LogP contribution in [0, 0.1) is 12.7 Å². The van der Waals surface area contributed by atoms with Crippen molar-refractivity contribution < 1.29 is 13.9 Å². The van der Waals surface area contributed by atoms with Gasteiger partial charge in [0.05, 0.1) is 17.5 Å². The maximum atomic E-state index is 13.7. The summed E-state index contributed by atoms with van der Waals surface area (Å²) < 4.78 is 18.8. The maximum absolute atomic E-state index is 13.7. The molecule has 0 aliphatic rings. The minimum atomic E-state index is -0.467. The standard InChI is InChI=1S/C17H13FN2O2/c1-11-6-8-12(9-7-11)19-10-15-17(21)22-16(20-15)13-4-2-3-5-14(13)18/h2-10,21H,1H3. The average molecular weight is 296 g/mol. The minimum Gasteiger partial charge on any atom is -0.479 e. The van der Waals surface area contributed by atoms with E-state index in [4.69, 9.17) is 4.42 Å². The third-order valence-corrected chi connectivity index (χ3v) is 3.11. The fourth-order valence-corrected chi connectivity index (χ4v) is 1.92. The number of aromatic hydroxyl groups is 1. The summed E-state index contributed by atoms with van der Waals surface area (Å²) >= 11 is 0. The minimum absolute atomic E-state index is 0.0148. The number of nitrogens with zero attached hydrogens (tertiary/aromatic N) is 2. The van der Waals surface area contributed by atoms with Gasteiger partial charge in [0, 0.05) is 0 Å². The molecule has 0 bridgehead atoms. The summed E-state index contributed by atoms with van der Waals surface area (Å²) in [5, 5.41) is 9.76. The van der Waals surface area contributed by atoms with Gasteiger partial charge in [-0.3, -0.25) is 4.99 Å². The maximum Gasteiger partial charge on any atom is 0.312 e. The summed E-state index contributed by atoms with van der Waals surface area (Å²) in [7, 11) is 0. The van der Waals surface area contributed by atoms with Crippen LogP contribution in [0.2, 0.25) is 0 Å². The normalized spacial score (nSPS) is 11.2. The fourth-order valence-electron chi connectivity index (χ4n) is 1.92. The highest BCUT2D eigenvalue weighted by Crippen LogP contribution is 2.27. The van der Waals surface area contributed by atoms with E-state index < -0.39 is 11.8 Å². The van der Waals surface area contributed by atoms with E-state index in [-0.39, 0.29) is 17.1 Å². The Morgan fingerprint density at radius 2 is 1.86 bits per heavy atom. The van der Waals surface area contributed by atoms with Gasteiger partial charge in [0.25, 0.3) is 0 Å². The van der Waals surface area contributed by atoms with Crippen LogP contribution in [0.4, 0.5) is 10.1 Å². The van der Waals surface area contributed by atoms with Crippen molar-refractivity contribution in [3.05, 3.63) is 65.6 Å². The summed E-state index contributed by atoms with van der Waals surface area (Å²) in [5.41, 5.74) is 2.19. The van der Waals surface area contributed by atoms with E-state index in [1.807, 2.05) is 31.2 Å². The smallest absolute Gasteiger partial charge is 0.312 e. The first kappa shape index (κ1) is 14.0. The molecular formula is C17H13FN2O2. The van der Waals surface area contributed by atoms with Crippen molar-refractivity contribution in [3.8, 4) is 17.4 Å². The second-order valence-corrected chi connectivity index (χ2v) is 4.78. The topological polar surface area (TPSA) is 58.6 Å². The molecule has 4 nitrogen and oxygen atoms in total. The average Bonchev–Trinajstić information content (AvgIpc) is 2.88. The highest BCUT2D eigenvalue weighted by Gasteiger charge is 2.15. The molecule has 0 amide bonds. The van der Waals surface area contributed by atoms with Gasteiger partial charge in [-0.1, -0.05) is 29.8 Å². The molecule has 3 rings (SSSR count). The third-order valence-electron chi connectivity index (χ3n) is 3.11. The zero-order valence-corrected chi connectivity index (χ0v) is 11.8. The van der Waals surface area contributed by atoms with Gasteiger partial charge in [0.2, 0.25) is 5.89 Å². The quantitative estimate of drug-likeness (QED) is 0.735. The summed E-state index contributed by atoms with van der Waals surface area (Å²) in [6.07, 6.45) is 1.38. The molecule has 5 heteroatoms. The van der Waals surface area contributed by atoms with Crippen LogP contribution in [0.15, 0.2) is 57.9 Å². The van der Waals surface area contributed by atoms with E-state index in [9.17, 15) is 9.50 Å². The summed E-state index contributed by atoms with van der Waals surface area (Å²) in [4.78, 5) is 8.27. The summed E-state index contributed by atoms with van der Waals surface area (Å²) in [6.45, 7) is 1.98.